The largest absolute Gasteiger partial charge is 0.452 e. The van der Waals surface area contributed by atoms with Gasteiger partial charge in [0.2, 0.25) is 0 Å². The van der Waals surface area contributed by atoms with Crippen molar-refractivity contribution >= 4 is 30.8 Å². The first-order valence-corrected chi connectivity index (χ1v) is 11.6. The molecule has 140 valence electrons. The van der Waals surface area contributed by atoms with E-state index in [1.807, 2.05) is 54.6 Å². The third kappa shape index (κ3) is 3.81. The first-order chi connectivity index (χ1) is 13.6. The predicted molar refractivity (Wildman–Crippen MR) is 118 cm³/mol. The van der Waals surface area contributed by atoms with Gasteiger partial charge in [0.25, 0.3) is 0 Å². The van der Waals surface area contributed by atoms with Crippen LogP contribution in [0.1, 0.15) is 6.92 Å². The molecule has 2 atom stereocenters. The van der Waals surface area contributed by atoms with Gasteiger partial charge in [-0.05, 0) is 27.4 Å². The van der Waals surface area contributed by atoms with Gasteiger partial charge in [0.15, 0.2) is 8.07 Å². The number of rotatable bonds is 7. The zero-order chi connectivity index (χ0) is 20.0. The highest BCUT2D eigenvalue weighted by molar-refractivity contribution is 7.12. The van der Waals surface area contributed by atoms with E-state index in [-0.39, 0.29) is 11.9 Å². The average Bonchev–Trinajstić information content (AvgIpc) is 2.74. The molecule has 0 aliphatic heterocycles. The molecule has 3 nitrogen and oxygen atoms in total. The quantitative estimate of drug-likeness (QED) is 0.484. The van der Waals surface area contributed by atoms with Crippen molar-refractivity contribution in [2.45, 2.75) is 18.8 Å². The first-order valence-electron chi connectivity index (χ1n) is 9.53. The van der Waals surface area contributed by atoms with Gasteiger partial charge in [-0.3, -0.25) is 0 Å². The lowest BCUT2D eigenvalue weighted by Gasteiger charge is -2.41. The lowest BCUT2D eigenvalue weighted by atomic mass is 9.78. The summed E-state index contributed by atoms with van der Waals surface area (Å²) in [7, 11) is -4.12. The van der Waals surface area contributed by atoms with Gasteiger partial charge >= 0.3 is 7.12 Å². The molecule has 2 unspecified atom stereocenters. The highest BCUT2D eigenvalue weighted by atomic mass is 28.3. The Labute approximate surface area is 168 Å². The second-order valence-corrected chi connectivity index (χ2v) is 11.4. The molecule has 0 saturated carbocycles. The van der Waals surface area contributed by atoms with Crippen molar-refractivity contribution in [1.29, 1.82) is 5.26 Å². The molecule has 0 amide bonds. The number of nitrogens with zero attached hydrogens (tertiary/aromatic N) is 1. The van der Waals surface area contributed by atoms with Crippen molar-refractivity contribution < 1.29 is 10.0 Å². The summed E-state index contributed by atoms with van der Waals surface area (Å²) in [5.41, 5.74) is -0.0634. The molecular formula is C23H24BNO2Si. The monoisotopic (exact) mass is 385 g/mol. The molecule has 0 heterocycles. The molecular weight excluding hydrogens is 361 g/mol. The van der Waals surface area contributed by atoms with Crippen LogP contribution >= 0.6 is 0 Å². The summed E-state index contributed by atoms with van der Waals surface area (Å²) < 4.78 is 0. The van der Waals surface area contributed by atoms with Gasteiger partial charge in [0.05, 0.1) is 6.07 Å². The summed E-state index contributed by atoms with van der Waals surface area (Å²) in [4.78, 5) is 0. The maximum atomic E-state index is 9.90. The fourth-order valence-electron chi connectivity index (χ4n) is 4.29. The Bertz CT molecular complexity index is 817. The summed E-state index contributed by atoms with van der Waals surface area (Å²) in [6.45, 7) is 2.09. The Balaban J connectivity index is 2.33. The fraction of sp³-hybridized carbons (Fsp3) is 0.174. The topological polar surface area (TPSA) is 64.2 Å². The van der Waals surface area contributed by atoms with E-state index in [1.54, 1.807) is 0 Å². The van der Waals surface area contributed by atoms with E-state index in [9.17, 15) is 15.3 Å². The minimum atomic E-state index is -2.62. The molecule has 5 heteroatoms. The second-order valence-electron chi connectivity index (χ2n) is 7.15. The molecule has 3 aromatic carbocycles. The van der Waals surface area contributed by atoms with Crippen molar-refractivity contribution in [3.05, 3.63) is 91.0 Å². The molecule has 0 spiro atoms. The molecule has 28 heavy (non-hydrogen) atoms. The molecule has 0 aliphatic carbocycles. The number of hydrogen-bond acceptors (Lipinski definition) is 3. The first kappa shape index (κ1) is 20.1. The molecule has 0 aliphatic rings. The van der Waals surface area contributed by atoms with Crippen molar-refractivity contribution in [3.63, 3.8) is 0 Å². The van der Waals surface area contributed by atoms with E-state index in [1.165, 1.54) is 15.6 Å². The molecule has 3 rings (SSSR count). The van der Waals surface area contributed by atoms with Crippen LogP contribution in [0.4, 0.5) is 0 Å². The summed E-state index contributed by atoms with van der Waals surface area (Å²) in [5.74, 6) is -0.479. The van der Waals surface area contributed by atoms with Gasteiger partial charge < -0.3 is 10.0 Å². The van der Waals surface area contributed by atoms with Crippen LogP contribution in [0.2, 0.25) is 11.9 Å². The molecule has 0 bridgehead atoms. The summed E-state index contributed by atoms with van der Waals surface area (Å²) in [6, 6.07) is 33.5. The molecule has 0 saturated heterocycles. The van der Waals surface area contributed by atoms with Crippen molar-refractivity contribution in [2.24, 2.45) is 5.92 Å². The molecule has 3 aromatic rings. The summed E-state index contributed by atoms with van der Waals surface area (Å²) >= 11 is 0. The smallest absolute Gasteiger partial charge is 0.427 e. The van der Waals surface area contributed by atoms with E-state index in [0.717, 1.165) is 0 Å². The Morgan fingerprint density at radius 2 is 1.14 bits per heavy atom. The van der Waals surface area contributed by atoms with Gasteiger partial charge in [-0.25, -0.2) is 0 Å². The molecule has 2 N–H and O–H groups in total. The van der Waals surface area contributed by atoms with E-state index in [0.29, 0.717) is 0 Å². The number of benzene rings is 3. The van der Waals surface area contributed by atoms with Crippen LogP contribution in [0.3, 0.4) is 0 Å². The summed E-state index contributed by atoms with van der Waals surface area (Å²) in [6.07, 6.45) is 0.0406. The van der Waals surface area contributed by atoms with Crippen molar-refractivity contribution in [1.82, 2.24) is 0 Å². The SMILES string of the molecule is CC(C(C#N)CB(O)O)[Si](c1ccccc1)(c1ccccc1)c1ccccc1. The minimum Gasteiger partial charge on any atom is -0.427 e. The zero-order valence-electron chi connectivity index (χ0n) is 15.9. The third-order valence-electron chi connectivity index (χ3n) is 5.60. The fourth-order valence-corrected chi connectivity index (χ4v) is 9.84. The minimum absolute atomic E-state index is 0.0406. The zero-order valence-corrected chi connectivity index (χ0v) is 16.9. The van der Waals surface area contributed by atoms with Gasteiger partial charge in [-0.2, -0.15) is 5.26 Å². The number of hydrogen-bond donors (Lipinski definition) is 2. The Hall–Kier alpha value is -2.65. The maximum Gasteiger partial charge on any atom is 0.452 e. The van der Waals surface area contributed by atoms with E-state index >= 15 is 0 Å². The van der Waals surface area contributed by atoms with Crippen LogP contribution in [-0.4, -0.2) is 25.2 Å². The predicted octanol–water partition coefficient (Wildman–Crippen LogP) is 2.16. The van der Waals surface area contributed by atoms with Crippen LogP contribution < -0.4 is 15.6 Å². The van der Waals surface area contributed by atoms with Crippen LogP contribution in [0.15, 0.2) is 91.0 Å². The Morgan fingerprint density at radius 3 is 1.43 bits per heavy atom. The summed E-state index contributed by atoms with van der Waals surface area (Å²) in [5, 5.41) is 32.7. The van der Waals surface area contributed by atoms with Crippen LogP contribution in [0.5, 0.6) is 0 Å². The molecule has 0 radical (unpaired) electrons. The van der Waals surface area contributed by atoms with Gasteiger partial charge in [-0.15, -0.1) is 0 Å². The Kier molecular flexibility index (Phi) is 6.48. The molecule has 0 fully saturated rings. The van der Waals surface area contributed by atoms with Crippen molar-refractivity contribution in [3.8, 4) is 6.07 Å². The van der Waals surface area contributed by atoms with E-state index in [2.05, 4.69) is 49.4 Å². The lowest BCUT2D eigenvalue weighted by molar-refractivity contribution is 0.394. The van der Waals surface area contributed by atoms with Crippen LogP contribution in [-0.2, 0) is 0 Å². The normalized spacial score (nSPS) is 13.4. The lowest BCUT2D eigenvalue weighted by Crippen LogP contribution is -2.70. The standard InChI is InChI=1S/C23H24BNO2Si/c1-19(20(18-25)17-24(26)27)28(21-11-5-2-6-12-21,22-13-7-3-8-14-22)23-15-9-4-10-16-23/h2-16,19-20,26-27H,17H2,1H3. The Morgan fingerprint density at radius 1 is 0.786 bits per heavy atom. The average molecular weight is 385 g/mol. The second kappa shape index (κ2) is 9.03. The highest BCUT2D eigenvalue weighted by Crippen LogP contribution is 2.32. The van der Waals surface area contributed by atoms with Gasteiger partial charge in [0, 0.05) is 5.92 Å². The number of nitriles is 1. The highest BCUT2D eigenvalue weighted by Gasteiger charge is 2.47. The van der Waals surface area contributed by atoms with E-state index in [4.69, 9.17) is 0 Å². The van der Waals surface area contributed by atoms with Crippen molar-refractivity contribution in [2.75, 3.05) is 0 Å². The van der Waals surface area contributed by atoms with Crippen LogP contribution in [0, 0.1) is 17.2 Å². The van der Waals surface area contributed by atoms with Gasteiger partial charge in [0.1, 0.15) is 0 Å². The van der Waals surface area contributed by atoms with Crippen LogP contribution in [0.25, 0.3) is 0 Å². The van der Waals surface area contributed by atoms with Gasteiger partial charge in [-0.1, -0.05) is 97.9 Å². The van der Waals surface area contributed by atoms with E-state index < -0.39 is 21.1 Å². The third-order valence-corrected chi connectivity index (χ3v) is 11.1. The maximum absolute atomic E-state index is 9.90. The molecule has 0 aromatic heterocycles.